The standard InChI is InChI=1S/C20H21Cl2NO8/c1-5-14(24)28-9-29-20(26)31-18-11(3)23-10(2)17(30-19(25)27-4)15(18)12-7-6-8-13(21)16(12)22/h6-8,15,23H,5,9H2,1-4H3. The van der Waals surface area contributed by atoms with Crippen molar-refractivity contribution in [3.05, 3.63) is 56.7 Å². The summed E-state index contributed by atoms with van der Waals surface area (Å²) in [6, 6.07) is 4.87. The van der Waals surface area contributed by atoms with E-state index in [1.54, 1.807) is 39.0 Å². The lowest BCUT2D eigenvalue weighted by Crippen LogP contribution is -2.29. The van der Waals surface area contributed by atoms with Crippen LogP contribution in [-0.2, 0) is 28.5 Å². The molecule has 2 rings (SSSR count). The van der Waals surface area contributed by atoms with E-state index in [1.165, 1.54) is 0 Å². The molecule has 0 aromatic heterocycles. The minimum atomic E-state index is -1.14. The van der Waals surface area contributed by atoms with Gasteiger partial charge in [0.2, 0.25) is 6.79 Å². The fourth-order valence-corrected chi connectivity index (χ4v) is 3.17. The van der Waals surface area contributed by atoms with Crippen molar-refractivity contribution in [3.8, 4) is 0 Å². The van der Waals surface area contributed by atoms with Gasteiger partial charge in [-0.2, -0.15) is 0 Å². The lowest BCUT2D eigenvalue weighted by Gasteiger charge is -2.30. The van der Waals surface area contributed by atoms with E-state index < -0.39 is 31.0 Å². The molecule has 11 heteroatoms. The third-order valence-electron chi connectivity index (χ3n) is 4.17. The van der Waals surface area contributed by atoms with E-state index in [2.05, 4.69) is 10.1 Å². The van der Waals surface area contributed by atoms with Crippen LogP contribution in [0.15, 0.2) is 41.1 Å². The SMILES string of the molecule is CCC(=O)OCOC(=O)OC1=C(C)NC(C)=C(OC(=O)OC)C1c1cccc(Cl)c1Cl. The smallest absolute Gasteiger partial charge is 0.437 e. The van der Waals surface area contributed by atoms with Gasteiger partial charge in [-0.15, -0.1) is 0 Å². The molecule has 0 radical (unpaired) electrons. The van der Waals surface area contributed by atoms with Crippen molar-refractivity contribution in [2.24, 2.45) is 0 Å². The number of ether oxygens (including phenoxy) is 5. The van der Waals surface area contributed by atoms with E-state index >= 15 is 0 Å². The number of carbonyl (C=O) groups is 3. The van der Waals surface area contributed by atoms with Crippen molar-refractivity contribution in [2.75, 3.05) is 13.9 Å². The van der Waals surface area contributed by atoms with Crippen LogP contribution in [0, 0.1) is 0 Å². The summed E-state index contributed by atoms with van der Waals surface area (Å²) in [6.45, 7) is 4.28. The number of hydrogen-bond acceptors (Lipinski definition) is 9. The first-order valence-corrected chi connectivity index (χ1v) is 9.83. The van der Waals surface area contributed by atoms with Gasteiger partial charge in [-0.3, -0.25) is 4.79 Å². The average molecular weight is 474 g/mol. The maximum Gasteiger partial charge on any atom is 0.516 e. The van der Waals surface area contributed by atoms with Crippen LogP contribution in [0.5, 0.6) is 0 Å². The molecule has 0 spiro atoms. The maximum atomic E-state index is 12.2. The number of halogens is 2. The number of allylic oxidation sites excluding steroid dienone is 2. The Kier molecular flexibility index (Phi) is 8.58. The molecule has 0 saturated heterocycles. The highest BCUT2D eigenvalue weighted by molar-refractivity contribution is 6.42. The number of methoxy groups -OCH3 is 1. The van der Waals surface area contributed by atoms with Crippen LogP contribution in [-0.4, -0.2) is 32.2 Å². The zero-order valence-electron chi connectivity index (χ0n) is 17.2. The number of rotatable bonds is 6. The number of esters is 1. The summed E-state index contributed by atoms with van der Waals surface area (Å²) < 4.78 is 24.8. The van der Waals surface area contributed by atoms with Gasteiger partial charge in [0.25, 0.3) is 0 Å². The molecule has 1 N–H and O–H groups in total. The summed E-state index contributed by atoms with van der Waals surface area (Å²) in [4.78, 5) is 35.2. The van der Waals surface area contributed by atoms with Crippen LogP contribution >= 0.6 is 23.2 Å². The molecule has 0 fully saturated rings. The van der Waals surface area contributed by atoms with E-state index in [-0.39, 0.29) is 28.0 Å². The van der Waals surface area contributed by atoms with Crippen LogP contribution in [0.4, 0.5) is 9.59 Å². The summed E-state index contributed by atoms with van der Waals surface area (Å²) in [7, 11) is 1.16. The van der Waals surface area contributed by atoms with Gasteiger partial charge in [0, 0.05) is 6.42 Å². The fraction of sp³-hybridized carbons (Fsp3) is 0.350. The molecule has 1 atom stereocenters. The lowest BCUT2D eigenvalue weighted by molar-refractivity contribution is -0.152. The Balaban J connectivity index is 2.40. The van der Waals surface area contributed by atoms with E-state index in [0.29, 0.717) is 17.0 Å². The molecule has 1 aromatic carbocycles. The first-order chi connectivity index (χ1) is 14.7. The van der Waals surface area contributed by atoms with Crippen LogP contribution in [0.1, 0.15) is 38.7 Å². The van der Waals surface area contributed by atoms with Gasteiger partial charge < -0.3 is 29.0 Å². The molecular formula is C20H21Cl2NO8. The topological polar surface area (TPSA) is 109 Å². The summed E-state index contributed by atoms with van der Waals surface area (Å²) in [5, 5.41) is 3.39. The van der Waals surface area contributed by atoms with Crippen molar-refractivity contribution in [2.45, 2.75) is 33.1 Å². The number of carbonyl (C=O) groups excluding carboxylic acids is 3. The van der Waals surface area contributed by atoms with Gasteiger partial charge >= 0.3 is 18.3 Å². The normalized spacial score (nSPS) is 15.7. The Labute approximate surface area is 188 Å². The average Bonchev–Trinajstić information content (AvgIpc) is 2.73. The third kappa shape index (κ3) is 6.05. The van der Waals surface area contributed by atoms with Gasteiger partial charge in [0.1, 0.15) is 17.4 Å². The summed E-state index contributed by atoms with van der Waals surface area (Å²) >= 11 is 12.6. The Bertz CT molecular complexity index is 941. The van der Waals surface area contributed by atoms with Gasteiger partial charge in [0.15, 0.2) is 0 Å². The quantitative estimate of drug-likeness (QED) is 0.346. The Hall–Kier alpha value is -2.91. The van der Waals surface area contributed by atoms with E-state index in [4.69, 9.17) is 42.1 Å². The first kappa shape index (κ1) is 24.4. The van der Waals surface area contributed by atoms with Crippen molar-refractivity contribution < 1.29 is 38.1 Å². The number of benzene rings is 1. The highest BCUT2D eigenvalue weighted by Gasteiger charge is 2.37. The summed E-state index contributed by atoms with van der Waals surface area (Å²) in [5.74, 6) is -1.35. The minimum Gasteiger partial charge on any atom is -0.437 e. The largest absolute Gasteiger partial charge is 0.516 e. The van der Waals surface area contributed by atoms with Crippen LogP contribution in [0.2, 0.25) is 10.0 Å². The predicted molar refractivity (Wildman–Crippen MR) is 110 cm³/mol. The monoisotopic (exact) mass is 473 g/mol. The maximum absolute atomic E-state index is 12.2. The second-order valence-electron chi connectivity index (χ2n) is 6.22. The van der Waals surface area contributed by atoms with Crippen LogP contribution in [0.3, 0.4) is 0 Å². The predicted octanol–water partition coefficient (Wildman–Crippen LogP) is 4.99. The molecule has 0 aliphatic carbocycles. The first-order valence-electron chi connectivity index (χ1n) is 9.08. The zero-order chi connectivity index (χ0) is 23.1. The molecule has 1 unspecified atom stereocenters. The lowest BCUT2D eigenvalue weighted by atomic mass is 9.90. The summed E-state index contributed by atoms with van der Waals surface area (Å²) in [6.07, 6.45) is -1.99. The minimum absolute atomic E-state index is 0.0421. The van der Waals surface area contributed by atoms with Crippen LogP contribution < -0.4 is 5.32 Å². The molecular weight excluding hydrogens is 453 g/mol. The number of dihydropyridines is 1. The highest BCUT2D eigenvalue weighted by atomic mass is 35.5. The Morgan fingerprint density at radius 1 is 1.00 bits per heavy atom. The highest BCUT2D eigenvalue weighted by Crippen LogP contribution is 2.43. The summed E-state index contributed by atoms with van der Waals surface area (Å²) in [5.41, 5.74) is 1.30. The zero-order valence-corrected chi connectivity index (χ0v) is 18.8. The Morgan fingerprint density at radius 2 is 1.61 bits per heavy atom. The number of hydrogen-bond donors (Lipinski definition) is 1. The van der Waals surface area contributed by atoms with Crippen molar-refractivity contribution in [3.63, 3.8) is 0 Å². The van der Waals surface area contributed by atoms with Crippen LogP contribution in [0.25, 0.3) is 0 Å². The van der Waals surface area contributed by atoms with E-state index in [9.17, 15) is 14.4 Å². The van der Waals surface area contributed by atoms with Gasteiger partial charge in [0.05, 0.1) is 28.5 Å². The fourth-order valence-electron chi connectivity index (χ4n) is 2.75. The molecule has 9 nitrogen and oxygen atoms in total. The number of nitrogens with one attached hydrogen (secondary N) is 1. The van der Waals surface area contributed by atoms with Crippen molar-refractivity contribution >= 4 is 41.5 Å². The molecule has 168 valence electrons. The third-order valence-corrected chi connectivity index (χ3v) is 5.00. The molecule has 0 saturated carbocycles. The second kappa shape index (κ2) is 10.9. The molecule has 0 bridgehead atoms. The molecule has 0 amide bonds. The molecule has 1 aliphatic rings. The van der Waals surface area contributed by atoms with E-state index in [0.717, 1.165) is 7.11 Å². The molecule has 1 aromatic rings. The molecule has 1 aliphatic heterocycles. The van der Waals surface area contributed by atoms with Gasteiger partial charge in [-0.1, -0.05) is 42.3 Å². The molecule has 31 heavy (non-hydrogen) atoms. The molecule has 1 heterocycles. The van der Waals surface area contributed by atoms with Crippen molar-refractivity contribution in [1.29, 1.82) is 0 Å². The van der Waals surface area contributed by atoms with E-state index in [1.807, 2.05) is 0 Å². The Morgan fingerprint density at radius 3 is 2.19 bits per heavy atom. The van der Waals surface area contributed by atoms with Crippen molar-refractivity contribution in [1.82, 2.24) is 5.32 Å². The van der Waals surface area contributed by atoms with Gasteiger partial charge in [-0.25, -0.2) is 9.59 Å². The second-order valence-corrected chi connectivity index (χ2v) is 7.01. The van der Waals surface area contributed by atoms with Gasteiger partial charge in [-0.05, 0) is 25.5 Å².